The molecule has 1 saturated carbocycles. The second kappa shape index (κ2) is 11.2. The summed E-state index contributed by atoms with van der Waals surface area (Å²) in [7, 11) is 1.86. The van der Waals surface area contributed by atoms with E-state index in [9.17, 15) is 22.4 Å². The molecule has 226 valence electrons. The first kappa shape index (κ1) is 29.6. The molecule has 0 spiro atoms. The average molecular weight is 635 g/mol. The number of nitrogens with zero attached hydrogens (tertiary/aromatic N) is 3. The molecule has 1 saturated heterocycles. The molecule has 2 fully saturated rings. The Bertz CT molecular complexity index is 1680. The molecule has 2 aliphatic rings. The Morgan fingerprint density at radius 1 is 1.02 bits per heavy atom. The van der Waals surface area contributed by atoms with Crippen molar-refractivity contribution in [3.8, 4) is 0 Å². The van der Waals surface area contributed by atoms with Gasteiger partial charge in [-0.3, -0.25) is 4.79 Å². The van der Waals surface area contributed by atoms with Crippen LogP contribution in [0.4, 0.5) is 34.9 Å². The number of amides is 1. The fourth-order valence-electron chi connectivity index (χ4n) is 5.76. The van der Waals surface area contributed by atoms with Gasteiger partial charge >= 0.3 is 6.18 Å². The Labute approximate surface area is 256 Å². The summed E-state index contributed by atoms with van der Waals surface area (Å²) in [4.78, 5) is 19.2. The van der Waals surface area contributed by atoms with E-state index in [0.717, 1.165) is 42.7 Å². The highest BCUT2D eigenvalue weighted by atomic mass is 35.5. The van der Waals surface area contributed by atoms with Crippen molar-refractivity contribution in [2.24, 2.45) is 12.5 Å². The lowest BCUT2D eigenvalue weighted by Crippen LogP contribution is -2.40. The van der Waals surface area contributed by atoms with Crippen molar-refractivity contribution in [3.05, 3.63) is 81.6 Å². The third kappa shape index (κ3) is 5.74. The minimum Gasteiger partial charge on any atom is -0.370 e. The van der Waals surface area contributed by atoms with E-state index in [4.69, 9.17) is 28.2 Å². The Hall–Kier alpha value is -3.50. The summed E-state index contributed by atoms with van der Waals surface area (Å²) in [6.45, 7) is 1.54. The number of hydrogen-bond donors (Lipinski definition) is 2. The van der Waals surface area contributed by atoms with Gasteiger partial charge in [0.25, 0.3) is 0 Å². The van der Waals surface area contributed by atoms with E-state index in [1.165, 1.54) is 12.1 Å². The van der Waals surface area contributed by atoms with Gasteiger partial charge in [-0.25, -0.2) is 9.37 Å². The number of alkyl halides is 3. The average Bonchev–Trinajstić information content (AvgIpc) is 3.75. The molecule has 0 bridgehead atoms. The van der Waals surface area contributed by atoms with Crippen molar-refractivity contribution in [3.63, 3.8) is 0 Å². The van der Waals surface area contributed by atoms with E-state index in [0.29, 0.717) is 38.7 Å². The SMILES string of the molecule is Cn1c(Nc2cc(CNC(=O)C3(C(F)(F)F)CC3)ccc2Cl)nc2cc(Cl)c(N3CCC(c4ccc(F)cc4)CC3)cc21. The smallest absolute Gasteiger partial charge is 0.370 e. The fraction of sp³-hybridized carbons (Fsp3) is 0.355. The van der Waals surface area contributed by atoms with Crippen LogP contribution in [0.25, 0.3) is 11.0 Å². The van der Waals surface area contributed by atoms with Crippen molar-refractivity contribution in [1.82, 2.24) is 14.9 Å². The lowest BCUT2D eigenvalue weighted by atomic mass is 9.89. The minimum absolute atomic E-state index is 0.0676. The molecule has 1 aliphatic carbocycles. The largest absolute Gasteiger partial charge is 0.403 e. The number of hydrogen-bond acceptors (Lipinski definition) is 4. The highest BCUT2D eigenvalue weighted by Gasteiger charge is 2.68. The number of anilines is 3. The first-order valence-electron chi connectivity index (χ1n) is 14.0. The van der Waals surface area contributed by atoms with Crippen LogP contribution in [0.3, 0.4) is 0 Å². The number of imidazole rings is 1. The van der Waals surface area contributed by atoms with Gasteiger partial charge in [0.2, 0.25) is 11.9 Å². The highest BCUT2D eigenvalue weighted by molar-refractivity contribution is 6.34. The Kier molecular flexibility index (Phi) is 7.71. The van der Waals surface area contributed by atoms with Crippen LogP contribution in [-0.4, -0.2) is 34.7 Å². The number of piperidine rings is 1. The summed E-state index contributed by atoms with van der Waals surface area (Å²) in [5.41, 5.74) is 2.40. The first-order valence-corrected chi connectivity index (χ1v) is 14.8. The van der Waals surface area contributed by atoms with Crippen LogP contribution >= 0.6 is 23.2 Å². The second-order valence-electron chi connectivity index (χ2n) is 11.3. The zero-order chi connectivity index (χ0) is 30.5. The predicted molar refractivity (Wildman–Crippen MR) is 161 cm³/mol. The fourth-order valence-corrected chi connectivity index (χ4v) is 6.20. The highest BCUT2D eigenvalue weighted by Crippen LogP contribution is 2.57. The number of halogens is 6. The number of nitrogens with one attached hydrogen (secondary N) is 2. The normalized spacial score (nSPS) is 16.9. The number of benzene rings is 3. The minimum atomic E-state index is -4.56. The number of carbonyl (C=O) groups is 1. The van der Waals surface area contributed by atoms with Crippen molar-refractivity contribution in [1.29, 1.82) is 0 Å². The summed E-state index contributed by atoms with van der Waals surface area (Å²) in [6.07, 6.45) is -3.10. The van der Waals surface area contributed by atoms with Gasteiger partial charge in [-0.1, -0.05) is 41.4 Å². The van der Waals surface area contributed by atoms with Gasteiger partial charge in [-0.2, -0.15) is 13.2 Å². The molecule has 1 amide bonds. The van der Waals surface area contributed by atoms with Crippen molar-refractivity contribution in [2.45, 2.75) is 44.3 Å². The molecular weight excluding hydrogens is 605 g/mol. The Morgan fingerprint density at radius 3 is 2.37 bits per heavy atom. The second-order valence-corrected chi connectivity index (χ2v) is 12.1. The van der Waals surface area contributed by atoms with Crippen LogP contribution in [0.15, 0.2) is 54.6 Å². The van der Waals surface area contributed by atoms with Crippen LogP contribution < -0.4 is 15.5 Å². The molecule has 2 heterocycles. The van der Waals surface area contributed by atoms with E-state index >= 15 is 0 Å². The standard InChI is InChI=1S/C31H29Cl2F4N5O/c1-41-27-16-26(42-12-8-20(9-13-42)19-3-5-21(34)6-4-19)23(33)15-25(27)40-29(41)39-24-14-18(2-7-22(24)32)17-38-28(43)30(10-11-30)31(35,36)37/h2-7,14-16,20H,8-13,17H2,1H3,(H,38,43)(H,39,40). The quantitative estimate of drug-likeness (QED) is 0.202. The summed E-state index contributed by atoms with van der Waals surface area (Å²) in [5, 5.41) is 6.61. The molecular formula is C31H29Cl2F4N5O. The molecule has 0 atom stereocenters. The number of aryl methyl sites for hydroxylation is 1. The van der Waals surface area contributed by atoms with E-state index < -0.39 is 17.5 Å². The lowest BCUT2D eigenvalue weighted by Gasteiger charge is -2.34. The molecule has 3 aromatic carbocycles. The summed E-state index contributed by atoms with van der Waals surface area (Å²) in [6, 6.07) is 15.5. The maximum atomic E-state index is 13.3. The van der Waals surface area contributed by atoms with Gasteiger partial charge < -0.3 is 20.1 Å². The summed E-state index contributed by atoms with van der Waals surface area (Å²) < 4.78 is 55.1. The third-order valence-electron chi connectivity index (χ3n) is 8.58. The summed E-state index contributed by atoms with van der Waals surface area (Å²) >= 11 is 13.2. The van der Waals surface area contributed by atoms with E-state index in [1.807, 2.05) is 35.9 Å². The van der Waals surface area contributed by atoms with Gasteiger partial charge in [0.15, 0.2) is 0 Å². The molecule has 4 aromatic rings. The number of fused-ring (bicyclic) bond motifs is 1. The van der Waals surface area contributed by atoms with E-state index in [2.05, 4.69) is 15.5 Å². The Morgan fingerprint density at radius 2 is 1.72 bits per heavy atom. The predicted octanol–water partition coefficient (Wildman–Crippen LogP) is 8.11. The van der Waals surface area contributed by atoms with Crippen molar-refractivity contribution >= 4 is 57.5 Å². The number of aromatic nitrogens is 2. The molecule has 12 heteroatoms. The van der Waals surface area contributed by atoms with Crippen LogP contribution in [0.2, 0.25) is 10.0 Å². The molecule has 43 heavy (non-hydrogen) atoms. The van der Waals surface area contributed by atoms with Crippen LogP contribution in [0.1, 0.15) is 42.7 Å². The van der Waals surface area contributed by atoms with Gasteiger partial charge in [-0.05, 0) is 79.1 Å². The lowest BCUT2D eigenvalue weighted by molar-refractivity contribution is -0.192. The zero-order valence-electron chi connectivity index (χ0n) is 23.2. The maximum Gasteiger partial charge on any atom is 0.403 e. The molecule has 0 radical (unpaired) electrons. The zero-order valence-corrected chi connectivity index (χ0v) is 24.8. The molecule has 6 rings (SSSR count). The van der Waals surface area contributed by atoms with Gasteiger partial charge in [0.05, 0.1) is 32.5 Å². The van der Waals surface area contributed by atoms with Gasteiger partial charge in [0, 0.05) is 26.7 Å². The Balaban J connectivity index is 1.16. The molecule has 1 aliphatic heterocycles. The van der Waals surface area contributed by atoms with Crippen LogP contribution in [0.5, 0.6) is 0 Å². The van der Waals surface area contributed by atoms with E-state index in [1.54, 1.807) is 18.2 Å². The summed E-state index contributed by atoms with van der Waals surface area (Å²) in [5.74, 6) is -0.386. The first-order chi connectivity index (χ1) is 20.4. The van der Waals surface area contributed by atoms with Crippen molar-refractivity contribution < 1.29 is 22.4 Å². The van der Waals surface area contributed by atoms with Crippen LogP contribution in [-0.2, 0) is 18.4 Å². The third-order valence-corrected chi connectivity index (χ3v) is 9.22. The number of carbonyl (C=O) groups excluding carboxylic acids is 1. The van der Waals surface area contributed by atoms with Gasteiger partial charge in [0.1, 0.15) is 11.2 Å². The number of rotatable bonds is 7. The topological polar surface area (TPSA) is 62.2 Å². The molecule has 0 unspecified atom stereocenters. The maximum absolute atomic E-state index is 13.3. The van der Waals surface area contributed by atoms with E-state index in [-0.39, 0.29) is 25.2 Å². The molecule has 1 aromatic heterocycles. The molecule has 2 N–H and O–H groups in total. The molecule has 6 nitrogen and oxygen atoms in total. The monoisotopic (exact) mass is 633 g/mol. The van der Waals surface area contributed by atoms with Crippen molar-refractivity contribution in [2.75, 3.05) is 23.3 Å². The van der Waals surface area contributed by atoms with Crippen LogP contribution in [0, 0.1) is 11.2 Å². The van der Waals surface area contributed by atoms with Gasteiger partial charge in [-0.15, -0.1) is 0 Å².